The molecule has 0 aromatic heterocycles. The minimum Gasteiger partial charge on any atom is -0.456 e. The zero-order valence-electron chi connectivity index (χ0n) is 12.7. The second-order valence-electron chi connectivity index (χ2n) is 5.58. The van der Waals surface area contributed by atoms with Crippen LogP contribution in [0.25, 0.3) is 0 Å². The normalized spacial score (nSPS) is 38.6. The van der Waals surface area contributed by atoms with Gasteiger partial charge in [-0.25, -0.2) is 0 Å². The maximum atomic E-state index is 12.2. The van der Waals surface area contributed by atoms with Gasteiger partial charge in [0, 0.05) is 12.8 Å². The Hall–Kier alpha value is -1.06. The number of hydrogen-bond acceptors (Lipinski definition) is 8. The highest BCUT2D eigenvalue weighted by Gasteiger charge is 2.63. The number of aliphatic hydroxyl groups is 5. The van der Waals surface area contributed by atoms with Gasteiger partial charge < -0.3 is 30.3 Å². The molecule has 0 aromatic rings. The van der Waals surface area contributed by atoms with E-state index in [2.05, 4.69) is 0 Å². The summed E-state index contributed by atoms with van der Waals surface area (Å²) in [7, 11) is 0. The first kappa shape index (κ1) is 19.0. The van der Waals surface area contributed by atoms with Gasteiger partial charge in [0.05, 0.1) is 0 Å². The topological polar surface area (TPSA) is 145 Å². The van der Waals surface area contributed by atoms with E-state index in [-0.39, 0.29) is 12.8 Å². The first-order chi connectivity index (χ1) is 10.2. The largest absolute Gasteiger partial charge is 0.456 e. The van der Waals surface area contributed by atoms with E-state index in [4.69, 9.17) is 4.74 Å². The summed E-state index contributed by atoms with van der Waals surface area (Å²) < 4.78 is 4.93. The molecule has 0 aromatic carbocycles. The quantitative estimate of drug-likeness (QED) is 0.363. The van der Waals surface area contributed by atoms with Crippen LogP contribution in [0.3, 0.4) is 0 Å². The summed E-state index contributed by atoms with van der Waals surface area (Å²) in [5.41, 5.74) is -2.67. The third kappa shape index (κ3) is 3.31. The lowest BCUT2D eigenvalue weighted by molar-refractivity contribution is -0.265. The van der Waals surface area contributed by atoms with Crippen LogP contribution in [0.2, 0.25) is 0 Å². The molecule has 0 heterocycles. The third-order valence-corrected chi connectivity index (χ3v) is 3.85. The molecule has 0 amide bonds. The Labute approximate surface area is 128 Å². The molecule has 1 rings (SSSR count). The monoisotopic (exact) mass is 320 g/mol. The fourth-order valence-corrected chi connectivity index (χ4v) is 2.57. The lowest BCUT2D eigenvalue weighted by Gasteiger charge is -2.48. The van der Waals surface area contributed by atoms with Crippen molar-refractivity contribution in [1.82, 2.24) is 0 Å². The number of ether oxygens (including phenoxy) is 1. The van der Waals surface area contributed by atoms with Crippen LogP contribution < -0.4 is 0 Å². The van der Waals surface area contributed by atoms with E-state index >= 15 is 0 Å². The summed E-state index contributed by atoms with van der Waals surface area (Å²) in [5.74, 6) is -1.66. The van der Waals surface area contributed by atoms with E-state index in [9.17, 15) is 35.1 Å². The van der Waals surface area contributed by atoms with Crippen molar-refractivity contribution < 1.29 is 39.9 Å². The molecule has 0 spiro atoms. The summed E-state index contributed by atoms with van der Waals surface area (Å²) in [5, 5.41) is 50.0. The minimum absolute atomic E-state index is 0.0178. The van der Waals surface area contributed by atoms with E-state index in [1.165, 1.54) is 0 Å². The van der Waals surface area contributed by atoms with Crippen molar-refractivity contribution in [1.29, 1.82) is 0 Å². The lowest BCUT2D eigenvalue weighted by atomic mass is 9.71. The number of carbonyl (C=O) groups is 2. The Morgan fingerprint density at radius 1 is 0.955 bits per heavy atom. The Kier molecular flexibility index (Phi) is 6.45. The molecule has 1 aliphatic carbocycles. The fourth-order valence-electron chi connectivity index (χ4n) is 2.57. The van der Waals surface area contributed by atoms with Crippen LogP contribution in [0.5, 0.6) is 0 Å². The van der Waals surface area contributed by atoms with Gasteiger partial charge in [-0.05, 0) is 12.8 Å². The molecule has 0 bridgehead atoms. The van der Waals surface area contributed by atoms with Gasteiger partial charge in [-0.3, -0.25) is 9.59 Å². The second kappa shape index (κ2) is 7.47. The summed E-state index contributed by atoms with van der Waals surface area (Å²) >= 11 is 0. The van der Waals surface area contributed by atoms with Gasteiger partial charge in [0.15, 0.2) is 17.5 Å². The summed E-state index contributed by atoms with van der Waals surface area (Å²) in [6, 6.07) is 0. The molecule has 0 radical (unpaired) electrons. The minimum atomic E-state index is -2.67. The maximum Gasteiger partial charge on any atom is 0.306 e. The van der Waals surface area contributed by atoms with Crippen LogP contribution in [0, 0.1) is 0 Å². The molecule has 5 N–H and O–H groups in total. The number of ketones is 1. The van der Waals surface area contributed by atoms with E-state index in [0.29, 0.717) is 12.8 Å². The van der Waals surface area contributed by atoms with Gasteiger partial charge >= 0.3 is 5.97 Å². The average Bonchev–Trinajstić information content (AvgIpc) is 2.48. The van der Waals surface area contributed by atoms with Crippen LogP contribution in [-0.2, 0) is 14.3 Å². The Bertz CT molecular complexity index is 412. The molecule has 6 atom stereocenters. The van der Waals surface area contributed by atoms with Crippen molar-refractivity contribution in [2.24, 2.45) is 0 Å². The molecule has 22 heavy (non-hydrogen) atoms. The van der Waals surface area contributed by atoms with E-state index in [1.807, 2.05) is 0 Å². The SMILES string of the molecule is CCCC(=O)O[C@@H]1[C@@H](O)[C@H](O)[C@@H](O)[C@H](O)[C@@]1(O)C(=O)CCC. The first-order valence-electron chi connectivity index (χ1n) is 7.39. The maximum absolute atomic E-state index is 12.2. The number of aliphatic hydroxyl groups excluding tert-OH is 4. The number of rotatable bonds is 6. The van der Waals surface area contributed by atoms with Gasteiger partial charge in [0.25, 0.3) is 0 Å². The van der Waals surface area contributed by atoms with E-state index in [1.54, 1.807) is 13.8 Å². The highest BCUT2D eigenvalue weighted by Crippen LogP contribution is 2.34. The molecular formula is C14H24O8. The molecule has 8 heteroatoms. The predicted octanol–water partition coefficient (Wildman–Crippen LogP) is -1.74. The smallest absolute Gasteiger partial charge is 0.306 e. The Morgan fingerprint density at radius 3 is 2.00 bits per heavy atom. The molecule has 1 aliphatic rings. The highest BCUT2D eigenvalue weighted by molar-refractivity contribution is 5.89. The van der Waals surface area contributed by atoms with Gasteiger partial charge in [-0.15, -0.1) is 0 Å². The van der Waals surface area contributed by atoms with Crippen LogP contribution >= 0.6 is 0 Å². The summed E-state index contributed by atoms with van der Waals surface area (Å²) in [6.07, 6.45) is -9.00. The molecular weight excluding hydrogens is 296 g/mol. The van der Waals surface area contributed by atoms with Crippen molar-refractivity contribution in [2.45, 2.75) is 75.7 Å². The van der Waals surface area contributed by atoms with Crippen molar-refractivity contribution >= 4 is 11.8 Å². The Morgan fingerprint density at radius 2 is 1.50 bits per heavy atom. The van der Waals surface area contributed by atoms with Gasteiger partial charge in [0.1, 0.15) is 24.4 Å². The molecule has 8 nitrogen and oxygen atoms in total. The van der Waals surface area contributed by atoms with Crippen LogP contribution in [0.15, 0.2) is 0 Å². The number of Topliss-reactive ketones (excluding diaryl/α,β-unsaturated/α-hetero) is 1. The Balaban J connectivity index is 3.17. The summed E-state index contributed by atoms with van der Waals surface area (Å²) in [4.78, 5) is 23.8. The predicted molar refractivity (Wildman–Crippen MR) is 73.7 cm³/mol. The highest BCUT2D eigenvalue weighted by atomic mass is 16.6. The van der Waals surface area contributed by atoms with E-state index < -0.39 is 47.9 Å². The molecule has 1 fully saturated rings. The standard InChI is InChI=1S/C14H24O8/c1-3-5-7(15)14(21)12(20)10(18)9(17)11(19)13(14)22-8(16)6-4-2/h9-13,17-21H,3-6H2,1-2H3/t9-,10-,11+,12+,13-,14+/m1/s1. The van der Waals surface area contributed by atoms with Gasteiger partial charge in [-0.2, -0.15) is 0 Å². The van der Waals surface area contributed by atoms with Crippen molar-refractivity contribution in [3.8, 4) is 0 Å². The van der Waals surface area contributed by atoms with Gasteiger partial charge in [0.2, 0.25) is 0 Å². The summed E-state index contributed by atoms with van der Waals surface area (Å²) in [6.45, 7) is 3.37. The van der Waals surface area contributed by atoms with E-state index in [0.717, 1.165) is 0 Å². The zero-order chi connectivity index (χ0) is 17.1. The molecule has 0 aliphatic heterocycles. The molecule has 128 valence electrons. The van der Waals surface area contributed by atoms with Crippen molar-refractivity contribution in [3.63, 3.8) is 0 Å². The molecule has 1 saturated carbocycles. The molecule has 0 saturated heterocycles. The lowest BCUT2D eigenvalue weighted by Crippen LogP contribution is -2.74. The number of carbonyl (C=O) groups excluding carboxylic acids is 2. The molecule has 0 unspecified atom stereocenters. The second-order valence-corrected chi connectivity index (χ2v) is 5.58. The van der Waals surface area contributed by atoms with Gasteiger partial charge in [-0.1, -0.05) is 13.8 Å². The van der Waals surface area contributed by atoms with Crippen LogP contribution in [0.1, 0.15) is 39.5 Å². The van der Waals surface area contributed by atoms with Crippen molar-refractivity contribution in [3.05, 3.63) is 0 Å². The third-order valence-electron chi connectivity index (χ3n) is 3.85. The first-order valence-corrected chi connectivity index (χ1v) is 7.39. The van der Waals surface area contributed by atoms with Crippen LogP contribution in [-0.4, -0.2) is 73.4 Å². The number of hydrogen-bond donors (Lipinski definition) is 5. The van der Waals surface area contributed by atoms with Crippen molar-refractivity contribution in [2.75, 3.05) is 0 Å². The zero-order valence-corrected chi connectivity index (χ0v) is 12.7. The van der Waals surface area contributed by atoms with Crippen LogP contribution in [0.4, 0.5) is 0 Å². The average molecular weight is 320 g/mol. The number of esters is 1. The fraction of sp³-hybridized carbons (Fsp3) is 0.857.